The van der Waals surface area contributed by atoms with Gasteiger partial charge < -0.3 is 9.42 Å². The summed E-state index contributed by atoms with van der Waals surface area (Å²) in [6, 6.07) is 0. The van der Waals surface area contributed by atoms with Gasteiger partial charge in [0.2, 0.25) is 0 Å². The van der Waals surface area contributed by atoms with Crippen LogP contribution in [0.5, 0.6) is 0 Å². The minimum atomic E-state index is 0.779. The van der Waals surface area contributed by atoms with Crippen molar-refractivity contribution >= 4 is 5.82 Å². The number of aromatic nitrogens is 2. The highest BCUT2D eigenvalue weighted by Gasteiger charge is 2.13. The summed E-state index contributed by atoms with van der Waals surface area (Å²) in [7, 11) is 0. The lowest BCUT2D eigenvalue weighted by molar-refractivity contribution is 0.374. The van der Waals surface area contributed by atoms with Gasteiger partial charge in [-0.15, -0.1) is 0 Å². The van der Waals surface area contributed by atoms with Crippen molar-refractivity contribution < 1.29 is 4.52 Å². The highest BCUT2D eigenvalue weighted by molar-refractivity contribution is 5.44. The molecule has 4 nitrogen and oxygen atoms in total. The highest BCUT2D eigenvalue weighted by Crippen LogP contribution is 2.18. The van der Waals surface area contributed by atoms with Crippen LogP contribution >= 0.6 is 0 Å². The van der Waals surface area contributed by atoms with E-state index >= 15 is 0 Å². The molecule has 4 heteroatoms. The van der Waals surface area contributed by atoms with Gasteiger partial charge in [0.1, 0.15) is 0 Å². The van der Waals surface area contributed by atoms with E-state index in [0.717, 1.165) is 24.5 Å². The third-order valence-electron chi connectivity index (χ3n) is 1.96. The molecule has 0 bridgehead atoms. The zero-order valence-corrected chi connectivity index (χ0v) is 7.03. The van der Waals surface area contributed by atoms with Crippen molar-refractivity contribution in [3.8, 4) is 0 Å². The molecule has 2 heterocycles. The molecule has 0 saturated heterocycles. The average molecular weight is 165 g/mol. The van der Waals surface area contributed by atoms with Crippen molar-refractivity contribution in [2.45, 2.75) is 19.8 Å². The van der Waals surface area contributed by atoms with Crippen LogP contribution in [0.1, 0.15) is 18.6 Å². The first kappa shape index (κ1) is 7.34. The molecule has 1 aromatic heterocycles. The Morgan fingerprint density at radius 2 is 2.50 bits per heavy atom. The molecule has 0 spiro atoms. The van der Waals surface area contributed by atoms with Gasteiger partial charge in [-0.05, 0) is 12.8 Å². The average Bonchev–Trinajstić information content (AvgIpc) is 2.53. The standard InChI is InChI=1S/C8H11N3O/c1-7-8(9-10-12-7)11-5-3-2-4-6-11/h3,5H,2,4,6H2,1H3. The normalized spacial score (nSPS) is 16.9. The Balaban J connectivity index is 2.24. The van der Waals surface area contributed by atoms with Gasteiger partial charge in [-0.25, -0.2) is 0 Å². The molecule has 0 unspecified atom stereocenters. The molecule has 0 N–H and O–H groups in total. The number of rotatable bonds is 1. The number of hydrogen-bond acceptors (Lipinski definition) is 4. The Labute approximate surface area is 70.8 Å². The van der Waals surface area contributed by atoms with Crippen molar-refractivity contribution in [3.63, 3.8) is 0 Å². The van der Waals surface area contributed by atoms with Crippen LogP contribution in [0.3, 0.4) is 0 Å². The second-order valence-electron chi connectivity index (χ2n) is 2.87. The monoisotopic (exact) mass is 165 g/mol. The zero-order valence-electron chi connectivity index (χ0n) is 7.03. The first-order valence-electron chi connectivity index (χ1n) is 4.10. The molecule has 0 fully saturated rings. The second-order valence-corrected chi connectivity index (χ2v) is 2.87. The molecule has 64 valence electrons. The maximum absolute atomic E-state index is 4.88. The predicted octanol–water partition coefficient (Wildman–Crippen LogP) is 1.49. The largest absolute Gasteiger partial charge is 0.340 e. The lowest BCUT2D eigenvalue weighted by Gasteiger charge is -2.19. The summed E-state index contributed by atoms with van der Waals surface area (Å²) in [6.07, 6.45) is 6.50. The van der Waals surface area contributed by atoms with Crippen LogP contribution in [-0.4, -0.2) is 16.9 Å². The summed E-state index contributed by atoms with van der Waals surface area (Å²) in [4.78, 5) is 2.06. The fourth-order valence-electron chi connectivity index (χ4n) is 1.32. The van der Waals surface area contributed by atoms with E-state index in [-0.39, 0.29) is 0 Å². The fraction of sp³-hybridized carbons (Fsp3) is 0.500. The van der Waals surface area contributed by atoms with Gasteiger partial charge in [0, 0.05) is 24.9 Å². The maximum Gasteiger partial charge on any atom is 0.199 e. The number of hydrogen-bond donors (Lipinski definition) is 0. The minimum absolute atomic E-state index is 0.779. The number of allylic oxidation sites excluding steroid dienone is 1. The predicted molar refractivity (Wildman–Crippen MR) is 44.8 cm³/mol. The molecule has 0 aromatic carbocycles. The van der Waals surface area contributed by atoms with E-state index in [9.17, 15) is 0 Å². The molecular formula is C8H11N3O. The van der Waals surface area contributed by atoms with E-state index in [4.69, 9.17) is 4.52 Å². The van der Waals surface area contributed by atoms with E-state index in [1.165, 1.54) is 6.42 Å². The molecule has 0 aliphatic carbocycles. The molecule has 2 rings (SSSR count). The SMILES string of the molecule is Cc1onnc1N1C=CCCC1. The van der Waals surface area contributed by atoms with Gasteiger partial charge >= 0.3 is 0 Å². The van der Waals surface area contributed by atoms with Crippen molar-refractivity contribution in [1.82, 2.24) is 10.4 Å². The summed E-state index contributed by atoms with van der Waals surface area (Å²) in [5.74, 6) is 1.62. The number of anilines is 1. The van der Waals surface area contributed by atoms with Gasteiger partial charge in [-0.2, -0.15) is 0 Å². The summed E-state index contributed by atoms with van der Waals surface area (Å²) in [5, 5.41) is 7.39. The summed E-state index contributed by atoms with van der Waals surface area (Å²) < 4.78 is 4.88. The van der Waals surface area contributed by atoms with E-state index in [2.05, 4.69) is 21.3 Å². The summed E-state index contributed by atoms with van der Waals surface area (Å²) in [5.41, 5.74) is 0. The second kappa shape index (κ2) is 2.97. The van der Waals surface area contributed by atoms with E-state index in [0.29, 0.717) is 0 Å². The van der Waals surface area contributed by atoms with Crippen LogP contribution < -0.4 is 4.90 Å². The molecule has 0 radical (unpaired) electrons. The van der Waals surface area contributed by atoms with Crippen LogP contribution in [0.4, 0.5) is 5.82 Å². The van der Waals surface area contributed by atoms with E-state index in [1.807, 2.05) is 13.1 Å². The Bertz CT molecular complexity index is 292. The van der Waals surface area contributed by atoms with Crippen LogP contribution in [0.25, 0.3) is 0 Å². The molecule has 12 heavy (non-hydrogen) atoms. The van der Waals surface area contributed by atoms with Crippen molar-refractivity contribution in [2.75, 3.05) is 11.4 Å². The van der Waals surface area contributed by atoms with Gasteiger partial charge in [0.15, 0.2) is 11.6 Å². The van der Waals surface area contributed by atoms with E-state index < -0.39 is 0 Å². The first-order valence-corrected chi connectivity index (χ1v) is 4.10. The molecular weight excluding hydrogens is 154 g/mol. The Hall–Kier alpha value is -1.32. The van der Waals surface area contributed by atoms with Gasteiger partial charge in [0.05, 0.1) is 0 Å². The van der Waals surface area contributed by atoms with Crippen molar-refractivity contribution in [1.29, 1.82) is 0 Å². The van der Waals surface area contributed by atoms with Crippen LogP contribution in [0.2, 0.25) is 0 Å². The van der Waals surface area contributed by atoms with Gasteiger partial charge in [-0.1, -0.05) is 11.2 Å². The molecule has 0 atom stereocenters. The van der Waals surface area contributed by atoms with Crippen molar-refractivity contribution in [3.05, 3.63) is 18.0 Å². The molecule has 0 amide bonds. The third kappa shape index (κ3) is 1.20. The first-order chi connectivity index (χ1) is 5.88. The third-order valence-corrected chi connectivity index (χ3v) is 1.96. The molecule has 0 saturated carbocycles. The van der Waals surface area contributed by atoms with Crippen LogP contribution in [0, 0.1) is 6.92 Å². The Morgan fingerprint density at radius 1 is 1.58 bits per heavy atom. The smallest absolute Gasteiger partial charge is 0.199 e. The van der Waals surface area contributed by atoms with Crippen LogP contribution in [0.15, 0.2) is 16.8 Å². The Kier molecular flexibility index (Phi) is 1.81. The van der Waals surface area contributed by atoms with Gasteiger partial charge in [-0.3, -0.25) is 0 Å². The lowest BCUT2D eigenvalue weighted by atomic mass is 10.2. The summed E-state index contributed by atoms with van der Waals surface area (Å²) >= 11 is 0. The fourth-order valence-corrected chi connectivity index (χ4v) is 1.32. The minimum Gasteiger partial charge on any atom is -0.340 e. The molecule has 1 aliphatic rings. The Morgan fingerprint density at radius 3 is 3.08 bits per heavy atom. The van der Waals surface area contributed by atoms with E-state index in [1.54, 1.807) is 0 Å². The highest BCUT2D eigenvalue weighted by atomic mass is 16.5. The van der Waals surface area contributed by atoms with Gasteiger partial charge in [0.25, 0.3) is 0 Å². The maximum atomic E-state index is 4.88. The molecule has 1 aliphatic heterocycles. The van der Waals surface area contributed by atoms with Crippen LogP contribution in [-0.2, 0) is 0 Å². The van der Waals surface area contributed by atoms with Crippen molar-refractivity contribution in [2.24, 2.45) is 0 Å². The lowest BCUT2D eigenvalue weighted by Crippen LogP contribution is -2.20. The summed E-state index contributed by atoms with van der Waals surface area (Å²) in [6.45, 7) is 2.88. The number of nitrogens with zero attached hydrogens (tertiary/aromatic N) is 3. The number of aryl methyl sites for hydroxylation is 1. The zero-order chi connectivity index (χ0) is 8.39. The quantitative estimate of drug-likeness (QED) is 0.632. The topological polar surface area (TPSA) is 42.2 Å². The molecule has 1 aromatic rings.